The summed E-state index contributed by atoms with van der Waals surface area (Å²) in [7, 11) is 0. The van der Waals surface area contributed by atoms with Gasteiger partial charge in [0.1, 0.15) is 11.4 Å². The predicted molar refractivity (Wildman–Crippen MR) is 215 cm³/mol. The van der Waals surface area contributed by atoms with Crippen LogP contribution in [0, 0.1) is 18.8 Å². The largest absolute Gasteiger partial charge is 0.509 e. The molecule has 266 valence electrons. The van der Waals surface area contributed by atoms with Crippen LogP contribution in [-0.4, -0.2) is 15.6 Å². The number of aromatic nitrogens is 2. The molecule has 1 aliphatic heterocycles. The molecule has 6 nitrogen and oxygen atoms in total. The topological polar surface area (TPSA) is 46.7 Å². The number of furan rings is 1. The average molecular weight is 891 g/mol. The molecule has 10 rings (SSSR count). The summed E-state index contributed by atoms with van der Waals surface area (Å²) in [5.74, 6) is 2.89. The fraction of sp³-hybridized carbons (Fsp3) is 0.156. The van der Waals surface area contributed by atoms with Crippen LogP contribution in [0.1, 0.15) is 40.2 Å². The Hall–Kier alpha value is -5.10. The number of benzene rings is 5. The van der Waals surface area contributed by atoms with Crippen LogP contribution in [0.3, 0.4) is 0 Å². The number of pyridine rings is 1. The number of para-hydroxylation sites is 1. The Morgan fingerprint density at radius 1 is 0.792 bits per heavy atom. The van der Waals surface area contributed by atoms with E-state index in [0.29, 0.717) is 11.5 Å². The standard InChI is InChI=1S/C45H35N4O2S.Pt/c1-27(2)47-26-48(43-34-13-6-8-15-37(34)51-44(43)47)29-11-10-12-30(24-29)50-31-17-18-32-33-19-20-39-41(35-14-7-9-16-38(35)52-39)42(33)49(36(32)25-31)40-23-28(21-22-46-40)45(3,4)5;/h6-23,26-27H,1-5H3;/q-3;. The summed E-state index contributed by atoms with van der Waals surface area (Å²) in [5.41, 5.74) is 5.95. The fourth-order valence-electron chi connectivity index (χ4n) is 7.48. The Morgan fingerprint density at radius 3 is 2.40 bits per heavy atom. The second kappa shape index (κ2) is 12.5. The number of nitrogens with zero attached hydrogens (tertiary/aromatic N) is 4. The molecule has 0 fully saturated rings. The van der Waals surface area contributed by atoms with Gasteiger partial charge in [0.05, 0.1) is 11.2 Å². The van der Waals surface area contributed by atoms with Crippen molar-refractivity contribution in [2.45, 2.75) is 46.1 Å². The summed E-state index contributed by atoms with van der Waals surface area (Å²) in [5, 5.41) is 5.79. The van der Waals surface area contributed by atoms with E-state index in [4.69, 9.17) is 14.1 Å². The van der Waals surface area contributed by atoms with Gasteiger partial charge in [-0.2, -0.15) is 12.1 Å². The summed E-state index contributed by atoms with van der Waals surface area (Å²) >= 11 is 1.82. The third-order valence-corrected chi connectivity index (χ3v) is 11.2. The monoisotopic (exact) mass is 890 g/mol. The van der Waals surface area contributed by atoms with Crippen LogP contribution in [-0.2, 0) is 26.5 Å². The van der Waals surface area contributed by atoms with Gasteiger partial charge in [0, 0.05) is 64.3 Å². The SMILES string of the molecule is CC(C)N1[CH-]N(c2[c-]c(Oc3[c-]c4c(cc3)c3ccc5sc6ccccc6c5c3n4-c3cc(C(C)(C)C)ccn3)ccc2)c2c1oc1ccccc21.[Pt]. The molecule has 1 aliphatic rings. The van der Waals surface area contributed by atoms with Crippen LogP contribution < -0.4 is 14.5 Å². The Kier molecular flexibility index (Phi) is 7.95. The molecule has 5 aromatic carbocycles. The average Bonchev–Trinajstić information content (AvgIpc) is 3.89. The molecule has 0 radical (unpaired) electrons. The predicted octanol–water partition coefficient (Wildman–Crippen LogP) is 12.5. The first-order chi connectivity index (χ1) is 25.2. The van der Waals surface area contributed by atoms with Crippen LogP contribution in [0.15, 0.2) is 114 Å². The third kappa shape index (κ3) is 5.35. The van der Waals surface area contributed by atoms with Gasteiger partial charge >= 0.3 is 0 Å². The zero-order chi connectivity index (χ0) is 35.3. The van der Waals surface area contributed by atoms with Gasteiger partial charge in [0.15, 0.2) is 5.88 Å². The van der Waals surface area contributed by atoms with Crippen molar-refractivity contribution in [2.75, 3.05) is 9.80 Å². The minimum Gasteiger partial charge on any atom is -0.509 e. The first-order valence-electron chi connectivity index (χ1n) is 17.6. The fourth-order valence-corrected chi connectivity index (χ4v) is 8.59. The number of rotatable bonds is 5. The van der Waals surface area contributed by atoms with Gasteiger partial charge < -0.3 is 23.5 Å². The molecule has 0 N–H and O–H groups in total. The molecular weight excluding hydrogens is 856 g/mol. The van der Waals surface area contributed by atoms with Gasteiger partial charge in [-0.25, -0.2) is 4.98 Å². The van der Waals surface area contributed by atoms with Crippen molar-refractivity contribution in [2.24, 2.45) is 0 Å². The summed E-state index contributed by atoms with van der Waals surface area (Å²) < 4.78 is 17.7. The zero-order valence-electron chi connectivity index (χ0n) is 29.9. The molecule has 5 heterocycles. The van der Waals surface area contributed by atoms with Gasteiger partial charge in [0.2, 0.25) is 0 Å². The minimum absolute atomic E-state index is 0. The Labute approximate surface area is 326 Å². The van der Waals surface area contributed by atoms with E-state index in [1.807, 2.05) is 60.0 Å². The third-order valence-electron chi connectivity index (χ3n) is 10.0. The van der Waals surface area contributed by atoms with Gasteiger partial charge in [-0.05, 0) is 72.7 Å². The number of anilines is 3. The van der Waals surface area contributed by atoms with Crippen molar-refractivity contribution in [1.82, 2.24) is 9.55 Å². The second-order valence-corrected chi connectivity index (χ2v) is 15.8. The minimum atomic E-state index is -0.0395. The number of fused-ring (bicyclic) bond motifs is 10. The smallest absolute Gasteiger partial charge is 0.190 e. The summed E-state index contributed by atoms with van der Waals surface area (Å²) in [4.78, 5) is 9.27. The molecule has 0 amide bonds. The van der Waals surface area contributed by atoms with Crippen LogP contribution in [0.25, 0.3) is 58.8 Å². The number of ether oxygens (including phenoxy) is 1. The van der Waals surface area contributed by atoms with E-state index < -0.39 is 0 Å². The van der Waals surface area contributed by atoms with Crippen molar-refractivity contribution in [1.29, 1.82) is 0 Å². The zero-order valence-corrected chi connectivity index (χ0v) is 33.0. The van der Waals surface area contributed by atoms with Crippen molar-refractivity contribution in [3.05, 3.63) is 134 Å². The van der Waals surface area contributed by atoms with Crippen molar-refractivity contribution in [3.8, 4) is 17.3 Å². The molecule has 0 saturated heterocycles. The first kappa shape index (κ1) is 33.7. The van der Waals surface area contributed by atoms with Gasteiger partial charge in [-0.15, -0.1) is 59.4 Å². The molecule has 53 heavy (non-hydrogen) atoms. The molecule has 0 spiro atoms. The maximum absolute atomic E-state index is 6.61. The van der Waals surface area contributed by atoms with E-state index in [1.165, 1.54) is 25.7 Å². The van der Waals surface area contributed by atoms with E-state index in [1.54, 1.807) is 0 Å². The number of hydrogen-bond acceptors (Lipinski definition) is 6. The second-order valence-electron chi connectivity index (χ2n) is 14.7. The molecule has 0 atom stereocenters. The number of hydrogen-bond donors (Lipinski definition) is 0. The van der Waals surface area contributed by atoms with Crippen LogP contribution >= 0.6 is 11.3 Å². The normalized spacial score (nSPS) is 13.2. The molecular formula is C45H35N4O2PtS-3. The van der Waals surface area contributed by atoms with E-state index in [0.717, 1.165) is 55.9 Å². The Bertz CT molecular complexity index is 2860. The van der Waals surface area contributed by atoms with Crippen LogP contribution in [0.4, 0.5) is 17.3 Å². The Morgan fingerprint density at radius 2 is 1.57 bits per heavy atom. The quantitative estimate of drug-likeness (QED) is 0.161. The molecule has 0 bridgehead atoms. The molecule has 8 heteroatoms. The van der Waals surface area contributed by atoms with Gasteiger partial charge in [-0.1, -0.05) is 62.7 Å². The maximum Gasteiger partial charge on any atom is 0.190 e. The van der Waals surface area contributed by atoms with E-state index >= 15 is 0 Å². The van der Waals surface area contributed by atoms with Crippen molar-refractivity contribution < 1.29 is 30.2 Å². The summed E-state index contributed by atoms with van der Waals surface area (Å²) in [6.45, 7) is 13.1. The summed E-state index contributed by atoms with van der Waals surface area (Å²) in [6, 6.07) is 43.2. The first-order valence-corrected chi connectivity index (χ1v) is 18.5. The van der Waals surface area contributed by atoms with E-state index in [-0.39, 0.29) is 32.5 Å². The molecule has 4 aromatic heterocycles. The van der Waals surface area contributed by atoms with E-state index in [9.17, 15) is 0 Å². The van der Waals surface area contributed by atoms with Crippen molar-refractivity contribution >= 4 is 81.5 Å². The van der Waals surface area contributed by atoms with Crippen molar-refractivity contribution in [3.63, 3.8) is 0 Å². The molecule has 0 aliphatic carbocycles. The molecule has 0 saturated carbocycles. The van der Waals surface area contributed by atoms with E-state index in [2.05, 4.69) is 128 Å². The van der Waals surface area contributed by atoms with Crippen LogP contribution in [0.5, 0.6) is 11.5 Å². The molecule has 9 aromatic rings. The maximum atomic E-state index is 6.61. The summed E-state index contributed by atoms with van der Waals surface area (Å²) in [6.07, 6.45) is 1.92. The number of thiophene rings is 1. The van der Waals surface area contributed by atoms with Gasteiger partial charge in [-0.3, -0.25) is 0 Å². The van der Waals surface area contributed by atoms with Crippen LogP contribution in [0.2, 0.25) is 0 Å². The van der Waals surface area contributed by atoms with Gasteiger partial charge in [0.25, 0.3) is 0 Å². The molecule has 0 unspecified atom stereocenters. The Balaban J connectivity index is 0.00000372.